The van der Waals surface area contributed by atoms with Gasteiger partial charge in [0, 0.05) is 23.1 Å². The molecule has 3 aromatic carbocycles. The summed E-state index contributed by atoms with van der Waals surface area (Å²) in [6, 6.07) is 20.1. The van der Waals surface area contributed by atoms with Gasteiger partial charge in [-0.15, -0.1) is 0 Å². The topological polar surface area (TPSA) is 80.6 Å². The Balaban J connectivity index is 1.56. The lowest BCUT2D eigenvalue weighted by Crippen LogP contribution is -2.33. The minimum Gasteiger partial charge on any atom is -0.507 e. The summed E-state index contributed by atoms with van der Waals surface area (Å²) in [5.41, 5.74) is 3.75. The molecule has 0 aliphatic carbocycles. The standard InChI is InChI=1S/C25H22N2O5/c1-30-17-11-12-22(28)19(13-17)20-14-21-18-5-3-4-6-23(18)32-24(27(21)26-20)15-7-9-16(10-8-15)25(29)31-2/h3-13,21,24,28H,14H2,1-2H3/t21-,24+/m0/s1. The smallest absolute Gasteiger partial charge is 0.337 e. The van der Waals surface area contributed by atoms with E-state index in [1.807, 2.05) is 41.4 Å². The van der Waals surface area contributed by atoms with Gasteiger partial charge in [0.1, 0.15) is 17.2 Å². The highest BCUT2D eigenvalue weighted by Crippen LogP contribution is 2.48. The summed E-state index contributed by atoms with van der Waals surface area (Å²) in [7, 11) is 2.95. The number of para-hydroxylation sites is 1. The Morgan fingerprint density at radius 3 is 2.62 bits per heavy atom. The van der Waals surface area contributed by atoms with Gasteiger partial charge in [0.25, 0.3) is 0 Å². The second-order valence-corrected chi connectivity index (χ2v) is 7.65. The molecule has 2 atom stereocenters. The number of esters is 1. The Labute approximate surface area is 185 Å². The quantitative estimate of drug-likeness (QED) is 0.617. The minimum atomic E-state index is -0.480. The number of rotatable bonds is 4. The van der Waals surface area contributed by atoms with Crippen molar-refractivity contribution in [3.63, 3.8) is 0 Å². The fraction of sp³-hybridized carbons (Fsp3) is 0.200. The van der Waals surface area contributed by atoms with Crippen LogP contribution in [0, 0.1) is 0 Å². The summed E-state index contributed by atoms with van der Waals surface area (Å²) < 4.78 is 16.5. The van der Waals surface area contributed by atoms with E-state index in [1.165, 1.54) is 7.11 Å². The first-order valence-electron chi connectivity index (χ1n) is 10.3. The SMILES string of the molecule is COC(=O)c1ccc([C@H]2Oc3ccccc3[C@@H]3CC(c4cc(OC)ccc4O)=NN23)cc1. The number of ether oxygens (including phenoxy) is 3. The number of hydrogen-bond donors (Lipinski definition) is 1. The highest BCUT2D eigenvalue weighted by molar-refractivity contribution is 6.04. The van der Waals surface area contributed by atoms with Crippen LogP contribution in [0.1, 0.15) is 45.7 Å². The Morgan fingerprint density at radius 1 is 1.09 bits per heavy atom. The molecule has 2 heterocycles. The summed E-state index contributed by atoms with van der Waals surface area (Å²) in [5.74, 6) is 1.20. The normalized spacial score (nSPS) is 18.8. The van der Waals surface area contributed by atoms with E-state index in [2.05, 4.69) is 0 Å². The van der Waals surface area contributed by atoms with Crippen molar-refractivity contribution in [3.05, 3.63) is 89.0 Å². The van der Waals surface area contributed by atoms with Gasteiger partial charge in [-0.25, -0.2) is 9.80 Å². The molecule has 3 aromatic rings. The number of phenolic OH excluding ortho intramolecular Hbond substituents is 1. The summed E-state index contributed by atoms with van der Waals surface area (Å²) in [6.45, 7) is 0. The van der Waals surface area contributed by atoms with Crippen molar-refractivity contribution in [2.45, 2.75) is 18.7 Å². The Bertz CT molecular complexity index is 1210. The van der Waals surface area contributed by atoms with Crippen LogP contribution in [-0.4, -0.2) is 36.0 Å². The van der Waals surface area contributed by atoms with Crippen molar-refractivity contribution in [1.29, 1.82) is 0 Å². The van der Waals surface area contributed by atoms with Crippen LogP contribution in [0.15, 0.2) is 71.8 Å². The summed E-state index contributed by atoms with van der Waals surface area (Å²) >= 11 is 0. The second-order valence-electron chi connectivity index (χ2n) is 7.65. The molecular formula is C25H22N2O5. The van der Waals surface area contributed by atoms with E-state index < -0.39 is 6.23 Å². The minimum absolute atomic E-state index is 0.0502. The summed E-state index contributed by atoms with van der Waals surface area (Å²) in [4.78, 5) is 11.8. The van der Waals surface area contributed by atoms with Gasteiger partial charge in [0.15, 0.2) is 0 Å². The van der Waals surface area contributed by atoms with E-state index in [-0.39, 0.29) is 17.8 Å². The third-order valence-electron chi connectivity index (χ3n) is 5.83. The monoisotopic (exact) mass is 430 g/mol. The van der Waals surface area contributed by atoms with E-state index in [1.54, 1.807) is 37.4 Å². The molecule has 0 saturated carbocycles. The van der Waals surface area contributed by atoms with E-state index in [4.69, 9.17) is 19.3 Å². The van der Waals surface area contributed by atoms with Crippen molar-refractivity contribution in [1.82, 2.24) is 5.01 Å². The molecule has 7 nitrogen and oxygen atoms in total. The van der Waals surface area contributed by atoms with Gasteiger partial charge >= 0.3 is 5.97 Å². The molecule has 0 fully saturated rings. The highest BCUT2D eigenvalue weighted by Gasteiger charge is 2.41. The number of hydrazone groups is 1. The highest BCUT2D eigenvalue weighted by atomic mass is 16.5. The molecule has 0 radical (unpaired) electrons. The molecule has 0 amide bonds. The third kappa shape index (κ3) is 3.32. The van der Waals surface area contributed by atoms with Crippen molar-refractivity contribution < 1.29 is 24.1 Å². The van der Waals surface area contributed by atoms with Crippen LogP contribution in [0.5, 0.6) is 17.2 Å². The first-order valence-corrected chi connectivity index (χ1v) is 10.3. The summed E-state index contributed by atoms with van der Waals surface area (Å²) in [6.07, 6.45) is 0.129. The van der Waals surface area contributed by atoms with Crippen LogP contribution < -0.4 is 9.47 Å². The maximum atomic E-state index is 11.8. The van der Waals surface area contributed by atoms with Crippen LogP contribution in [0.2, 0.25) is 0 Å². The molecule has 162 valence electrons. The van der Waals surface area contributed by atoms with Crippen molar-refractivity contribution >= 4 is 11.7 Å². The molecule has 5 rings (SSSR count). The largest absolute Gasteiger partial charge is 0.507 e. The first-order chi connectivity index (χ1) is 15.6. The second kappa shape index (κ2) is 7.92. The van der Waals surface area contributed by atoms with Crippen LogP contribution in [0.25, 0.3) is 0 Å². The number of methoxy groups -OCH3 is 2. The molecule has 1 N–H and O–H groups in total. The van der Waals surface area contributed by atoms with Crippen molar-refractivity contribution in [3.8, 4) is 17.2 Å². The average molecular weight is 430 g/mol. The first kappa shape index (κ1) is 19.9. The number of hydrogen-bond acceptors (Lipinski definition) is 7. The Hall–Kier alpha value is -4.00. The zero-order valence-corrected chi connectivity index (χ0v) is 17.7. The molecule has 2 aliphatic heterocycles. The predicted molar refractivity (Wildman–Crippen MR) is 118 cm³/mol. The lowest BCUT2D eigenvalue weighted by Gasteiger charge is -2.38. The van der Waals surface area contributed by atoms with Crippen LogP contribution >= 0.6 is 0 Å². The summed E-state index contributed by atoms with van der Waals surface area (Å²) in [5, 5.41) is 17.3. The fourth-order valence-corrected chi connectivity index (χ4v) is 4.19. The Kier molecular flexibility index (Phi) is 4.93. The van der Waals surface area contributed by atoms with Gasteiger partial charge in [-0.3, -0.25) is 0 Å². The Morgan fingerprint density at radius 2 is 1.88 bits per heavy atom. The number of fused-ring (bicyclic) bond motifs is 3. The zero-order valence-electron chi connectivity index (χ0n) is 17.7. The average Bonchev–Trinajstić information content (AvgIpc) is 3.29. The maximum Gasteiger partial charge on any atom is 0.337 e. The zero-order chi connectivity index (χ0) is 22.2. The lowest BCUT2D eigenvalue weighted by atomic mass is 9.95. The van der Waals surface area contributed by atoms with Gasteiger partial charge in [-0.1, -0.05) is 30.3 Å². The number of carbonyl (C=O) groups is 1. The number of carbonyl (C=O) groups excluding carboxylic acids is 1. The number of aromatic hydroxyl groups is 1. The fourth-order valence-electron chi connectivity index (χ4n) is 4.19. The molecule has 2 aliphatic rings. The van der Waals surface area contributed by atoms with Crippen LogP contribution in [-0.2, 0) is 4.74 Å². The number of benzene rings is 3. The molecule has 0 unspecified atom stereocenters. The third-order valence-corrected chi connectivity index (χ3v) is 5.83. The number of phenols is 1. The molecule has 0 bridgehead atoms. The predicted octanol–water partition coefficient (Wildman–Crippen LogP) is 4.43. The van der Waals surface area contributed by atoms with E-state index in [0.717, 1.165) is 22.6 Å². The van der Waals surface area contributed by atoms with Crippen molar-refractivity contribution in [2.24, 2.45) is 5.10 Å². The molecule has 7 heteroatoms. The van der Waals surface area contributed by atoms with Gasteiger partial charge in [0.05, 0.1) is 31.5 Å². The maximum absolute atomic E-state index is 11.8. The van der Waals surface area contributed by atoms with E-state index in [9.17, 15) is 9.90 Å². The molecule has 0 saturated heterocycles. The van der Waals surface area contributed by atoms with Crippen molar-refractivity contribution in [2.75, 3.05) is 14.2 Å². The van der Waals surface area contributed by atoms with Gasteiger partial charge < -0.3 is 19.3 Å². The van der Waals surface area contributed by atoms with Gasteiger partial charge in [0.2, 0.25) is 6.23 Å². The van der Waals surface area contributed by atoms with Gasteiger partial charge in [-0.2, -0.15) is 5.10 Å². The van der Waals surface area contributed by atoms with E-state index in [0.29, 0.717) is 23.3 Å². The van der Waals surface area contributed by atoms with Crippen LogP contribution in [0.4, 0.5) is 0 Å². The number of nitrogens with zero attached hydrogens (tertiary/aromatic N) is 2. The van der Waals surface area contributed by atoms with Gasteiger partial charge in [-0.05, 0) is 36.4 Å². The van der Waals surface area contributed by atoms with Crippen LogP contribution in [0.3, 0.4) is 0 Å². The molecular weight excluding hydrogens is 408 g/mol. The molecule has 32 heavy (non-hydrogen) atoms. The molecule has 0 spiro atoms. The van der Waals surface area contributed by atoms with E-state index >= 15 is 0 Å². The molecule has 0 aromatic heterocycles. The lowest BCUT2D eigenvalue weighted by molar-refractivity contribution is -0.0190.